The summed E-state index contributed by atoms with van der Waals surface area (Å²) >= 11 is 0. The van der Waals surface area contributed by atoms with Crippen molar-refractivity contribution in [1.29, 1.82) is 0 Å². The fourth-order valence-electron chi connectivity index (χ4n) is 3.05. The predicted molar refractivity (Wildman–Crippen MR) is 86.0 cm³/mol. The quantitative estimate of drug-likeness (QED) is 0.920. The van der Waals surface area contributed by atoms with Crippen molar-refractivity contribution in [3.8, 4) is 0 Å². The summed E-state index contributed by atoms with van der Waals surface area (Å²) in [6, 6.07) is 14.5. The van der Waals surface area contributed by atoms with Crippen LogP contribution in [0.15, 0.2) is 42.5 Å². The zero-order valence-electron chi connectivity index (χ0n) is 12.5. The van der Waals surface area contributed by atoms with Crippen molar-refractivity contribution in [3.05, 3.63) is 48.0 Å². The summed E-state index contributed by atoms with van der Waals surface area (Å²) in [5.41, 5.74) is 7.20. The highest BCUT2D eigenvalue weighted by molar-refractivity contribution is 5.90. The largest absolute Gasteiger partial charge is 0.341 e. The van der Waals surface area contributed by atoms with E-state index in [1.165, 1.54) is 10.8 Å². The summed E-state index contributed by atoms with van der Waals surface area (Å²) < 4.78 is 0. The lowest BCUT2D eigenvalue weighted by molar-refractivity contribution is -0.132. The van der Waals surface area contributed by atoms with Gasteiger partial charge >= 0.3 is 0 Å². The first kappa shape index (κ1) is 14.1. The van der Waals surface area contributed by atoms with Crippen LogP contribution in [0.2, 0.25) is 0 Å². The topological polar surface area (TPSA) is 46.3 Å². The molecule has 1 aliphatic rings. The summed E-state index contributed by atoms with van der Waals surface area (Å²) in [7, 11) is 0. The Morgan fingerprint density at radius 1 is 1.24 bits per heavy atom. The van der Waals surface area contributed by atoms with Crippen molar-refractivity contribution < 1.29 is 4.79 Å². The Morgan fingerprint density at radius 2 is 2.00 bits per heavy atom. The molecule has 1 saturated heterocycles. The van der Waals surface area contributed by atoms with Crippen LogP contribution in [0.25, 0.3) is 10.8 Å². The number of piperidine rings is 1. The maximum absolute atomic E-state index is 12.5. The molecule has 21 heavy (non-hydrogen) atoms. The van der Waals surface area contributed by atoms with E-state index in [9.17, 15) is 4.79 Å². The highest BCUT2D eigenvalue weighted by Gasteiger charge is 2.26. The fourth-order valence-corrected chi connectivity index (χ4v) is 3.05. The number of likely N-dealkylation sites (tertiary alicyclic amines) is 1. The molecule has 2 aromatic carbocycles. The van der Waals surface area contributed by atoms with Gasteiger partial charge in [0, 0.05) is 19.1 Å². The van der Waals surface area contributed by atoms with Gasteiger partial charge in [-0.2, -0.15) is 0 Å². The summed E-state index contributed by atoms with van der Waals surface area (Å²) in [5.74, 6) is 0.695. The third kappa shape index (κ3) is 2.93. The molecule has 1 heterocycles. The van der Waals surface area contributed by atoms with E-state index in [2.05, 4.69) is 25.1 Å². The molecule has 0 radical (unpaired) electrons. The summed E-state index contributed by atoms with van der Waals surface area (Å²) in [6.45, 7) is 3.68. The Kier molecular flexibility index (Phi) is 3.93. The van der Waals surface area contributed by atoms with Crippen molar-refractivity contribution in [3.63, 3.8) is 0 Å². The molecule has 0 bridgehead atoms. The number of benzene rings is 2. The summed E-state index contributed by atoms with van der Waals surface area (Å²) in [5, 5.41) is 2.36. The number of nitrogens with zero attached hydrogens (tertiary/aromatic N) is 1. The number of rotatable bonds is 2. The second-order valence-corrected chi connectivity index (χ2v) is 6.08. The first-order valence-corrected chi connectivity index (χ1v) is 7.65. The van der Waals surface area contributed by atoms with Crippen molar-refractivity contribution in [1.82, 2.24) is 4.90 Å². The lowest BCUT2D eigenvalue weighted by Gasteiger charge is -2.35. The molecule has 1 amide bonds. The van der Waals surface area contributed by atoms with Gasteiger partial charge in [-0.25, -0.2) is 0 Å². The number of hydrogen-bond donors (Lipinski definition) is 1. The van der Waals surface area contributed by atoms with Crippen molar-refractivity contribution in [2.45, 2.75) is 25.8 Å². The van der Waals surface area contributed by atoms with Crippen molar-refractivity contribution >= 4 is 16.7 Å². The molecule has 1 fully saturated rings. The van der Waals surface area contributed by atoms with Crippen LogP contribution in [-0.2, 0) is 11.2 Å². The molecule has 0 saturated carbocycles. The van der Waals surface area contributed by atoms with E-state index < -0.39 is 0 Å². The van der Waals surface area contributed by atoms with Crippen molar-refractivity contribution in [2.24, 2.45) is 11.7 Å². The number of hydrogen-bond acceptors (Lipinski definition) is 2. The number of carbonyl (C=O) groups is 1. The van der Waals surface area contributed by atoms with Gasteiger partial charge in [-0.1, -0.05) is 49.4 Å². The Bertz CT molecular complexity index is 647. The van der Waals surface area contributed by atoms with Crippen LogP contribution in [0.4, 0.5) is 0 Å². The van der Waals surface area contributed by atoms with Gasteiger partial charge in [0.15, 0.2) is 0 Å². The van der Waals surface area contributed by atoms with Gasteiger partial charge in [0.05, 0.1) is 6.42 Å². The molecular formula is C18H22N2O. The minimum Gasteiger partial charge on any atom is -0.341 e. The molecular weight excluding hydrogens is 260 g/mol. The highest BCUT2D eigenvalue weighted by atomic mass is 16.2. The lowest BCUT2D eigenvalue weighted by Crippen LogP contribution is -2.50. The van der Waals surface area contributed by atoms with Crippen LogP contribution in [0.1, 0.15) is 18.9 Å². The smallest absolute Gasteiger partial charge is 0.227 e. The molecule has 1 aliphatic heterocycles. The van der Waals surface area contributed by atoms with Gasteiger partial charge in [0.25, 0.3) is 0 Å². The van der Waals surface area contributed by atoms with Gasteiger partial charge in [0.2, 0.25) is 5.91 Å². The zero-order valence-corrected chi connectivity index (χ0v) is 12.5. The maximum Gasteiger partial charge on any atom is 0.227 e. The van der Waals surface area contributed by atoms with Gasteiger partial charge in [-0.05, 0) is 28.7 Å². The molecule has 2 atom stereocenters. The Morgan fingerprint density at radius 3 is 2.81 bits per heavy atom. The maximum atomic E-state index is 12.5. The average molecular weight is 282 g/mol. The van der Waals surface area contributed by atoms with Crippen LogP contribution in [0.5, 0.6) is 0 Å². The SMILES string of the molecule is CC1CCN(C(=O)Cc2cccc3ccccc23)CC1N. The third-order valence-electron chi connectivity index (χ3n) is 4.59. The lowest BCUT2D eigenvalue weighted by atomic mass is 9.93. The van der Waals surface area contributed by atoms with Crippen LogP contribution in [0.3, 0.4) is 0 Å². The molecule has 2 aromatic rings. The van der Waals surface area contributed by atoms with Gasteiger partial charge in [-0.3, -0.25) is 4.79 Å². The van der Waals surface area contributed by atoms with E-state index in [4.69, 9.17) is 5.73 Å². The second kappa shape index (κ2) is 5.86. The van der Waals surface area contributed by atoms with E-state index in [1.54, 1.807) is 0 Å². The standard InChI is InChI=1S/C18H22N2O/c1-13-9-10-20(12-17(13)19)18(21)11-15-7-4-6-14-5-2-3-8-16(14)15/h2-8,13,17H,9-12,19H2,1H3. The monoisotopic (exact) mass is 282 g/mol. The van der Waals surface area contributed by atoms with Crippen molar-refractivity contribution in [2.75, 3.05) is 13.1 Å². The van der Waals surface area contributed by atoms with Gasteiger partial charge < -0.3 is 10.6 Å². The van der Waals surface area contributed by atoms with E-state index >= 15 is 0 Å². The molecule has 110 valence electrons. The van der Waals surface area contributed by atoms with Crippen LogP contribution in [0, 0.1) is 5.92 Å². The Balaban J connectivity index is 1.78. The van der Waals surface area contributed by atoms with Gasteiger partial charge in [0.1, 0.15) is 0 Å². The van der Waals surface area contributed by atoms with E-state index in [0.717, 1.165) is 18.5 Å². The molecule has 0 spiro atoms. The second-order valence-electron chi connectivity index (χ2n) is 6.08. The minimum absolute atomic E-state index is 0.107. The number of nitrogens with two attached hydrogens (primary N) is 1. The van der Waals surface area contributed by atoms with Crippen LogP contribution >= 0.6 is 0 Å². The minimum atomic E-state index is 0.107. The Labute approximate surface area is 125 Å². The van der Waals surface area contributed by atoms with E-state index in [0.29, 0.717) is 18.9 Å². The first-order chi connectivity index (χ1) is 10.1. The predicted octanol–water partition coefficient (Wildman–Crippen LogP) is 2.58. The fraction of sp³-hybridized carbons (Fsp3) is 0.389. The Hall–Kier alpha value is -1.87. The average Bonchev–Trinajstić information content (AvgIpc) is 2.50. The molecule has 2 N–H and O–H groups in total. The highest BCUT2D eigenvalue weighted by Crippen LogP contribution is 2.21. The molecule has 3 rings (SSSR count). The first-order valence-electron chi connectivity index (χ1n) is 7.65. The molecule has 2 unspecified atom stereocenters. The van der Waals surface area contributed by atoms with E-state index in [1.807, 2.05) is 29.2 Å². The molecule has 3 heteroatoms. The van der Waals surface area contributed by atoms with Crippen LogP contribution in [-0.4, -0.2) is 29.9 Å². The number of amides is 1. The number of fused-ring (bicyclic) bond motifs is 1. The van der Waals surface area contributed by atoms with E-state index in [-0.39, 0.29) is 11.9 Å². The molecule has 0 aromatic heterocycles. The molecule has 0 aliphatic carbocycles. The normalized spacial score (nSPS) is 22.5. The third-order valence-corrected chi connectivity index (χ3v) is 4.59. The molecule has 3 nitrogen and oxygen atoms in total. The summed E-state index contributed by atoms with van der Waals surface area (Å²) in [4.78, 5) is 14.5. The zero-order chi connectivity index (χ0) is 14.8. The van der Waals surface area contributed by atoms with Crippen LogP contribution < -0.4 is 5.73 Å². The van der Waals surface area contributed by atoms with Gasteiger partial charge in [-0.15, -0.1) is 0 Å². The summed E-state index contributed by atoms with van der Waals surface area (Å²) in [6.07, 6.45) is 1.46. The number of carbonyl (C=O) groups excluding carboxylic acids is 1.